The molecule has 0 fully saturated rings. The molecule has 1 N–H and O–H groups in total. The third-order valence-corrected chi connectivity index (χ3v) is 5.37. The van der Waals surface area contributed by atoms with Gasteiger partial charge in [-0.15, -0.1) is 0 Å². The molecule has 0 spiro atoms. The maximum absolute atomic E-state index is 12.8. The van der Waals surface area contributed by atoms with Crippen molar-refractivity contribution in [1.29, 1.82) is 0 Å². The minimum Gasteiger partial charge on any atom is -0.490 e. The molecule has 1 aromatic heterocycles. The topological polar surface area (TPSA) is 69.6 Å². The highest BCUT2D eigenvalue weighted by Crippen LogP contribution is 2.32. The van der Waals surface area contributed by atoms with Gasteiger partial charge in [-0.05, 0) is 30.7 Å². The van der Waals surface area contributed by atoms with Crippen LogP contribution in [0.2, 0.25) is 0 Å². The van der Waals surface area contributed by atoms with E-state index in [0.29, 0.717) is 30.9 Å². The highest BCUT2D eigenvalue weighted by Gasteiger charge is 2.18. The molecule has 4 rings (SSSR count). The van der Waals surface area contributed by atoms with E-state index in [1.165, 1.54) is 0 Å². The van der Waals surface area contributed by atoms with E-state index < -0.39 is 0 Å². The van der Waals surface area contributed by atoms with Crippen molar-refractivity contribution < 1.29 is 19.1 Å². The number of hydrogen-bond acceptors (Lipinski definition) is 4. The normalized spacial score (nSPS) is 14.2. The molecule has 1 unspecified atom stereocenters. The van der Waals surface area contributed by atoms with E-state index in [1.54, 1.807) is 6.20 Å². The van der Waals surface area contributed by atoms with Crippen molar-refractivity contribution in [3.05, 3.63) is 59.8 Å². The molecular weight excluding hydrogens is 380 g/mol. The van der Waals surface area contributed by atoms with Crippen molar-refractivity contribution >= 4 is 22.6 Å². The first-order chi connectivity index (χ1) is 14.6. The number of amides is 1. The molecule has 3 aromatic rings. The lowest BCUT2D eigenvalue weighted by atomic mass is 10.1. The van der Waals surface area contributed by atoms with Gasteiger partial charge in [0.25, 0.3) is 0 Å². The molecule has 156 valence electrons. The van der Waals surface area contributed by atoms with Crippen LogP contribution in [0.15, 0.2) is 48.7 Å². The number of aromatic nitrogens is 1. The third kappa shape index (κ3) is 4.03. The maximum Gasteiger partial charge on any atom is 0.240 e. The summed E-state index contributed by atoms with van der Waals surface area (Å²) in [4.78, 5) is 25.1. The summed E-state index contributed by atoms with van der Waals surface area (Å²) in [5.74, 6) is 1.41. The molecule has 1 aliphatic heterocycles. The Morgan fingerprint density at radius 3 is 2.67 bits per heavy atom. The monoisotopic (exact) mass is 406 g/mol. The van der Waals surface area contributed by atoms with Gasteiger partial charge in [0.1, 0.15) is 6.54 Å². The summed E-state index contributed by atoms with van der Waals surface area (Å²) in [6.07, 6.45) is 3.07. The molecule has 2 heterocycles. The summed E-state index contributed by atoms with van der Waals surface area (Å²) in [6.45, 7) is 5.20. The highest BCUT2D eigenvalue weighted by molar-refractivity contribution is 6.08. The van der Waals surface area contributed by atoms with Gasteiger partial charge in [0.15, 0.2) is 17.3 Å². The standard InChI is InChI=1S/C24H26N2O4/c1-3-21(27)19-14-26(20-8-5-4-7-18(19)20)15-24(28)25-16(2)17-9-10-22-23(13-17)30-12-6-11-29-22/h4-5,7-10,13-14,16H,3,6,11-12,15H2,1-2H3,(H,25,28). The number of para-hydroxylation sites is 1. The van der Waals surface area contributed by atoms with Gasteiger partial charge in [-0.3, -0.25) is 9.59 Å². The number of carbonyl (C=O) groups is 2. The number of nitrogens with one attached hydrogen (secondary N) is 1. The van der Waals surface area contributed by atoms with Crippen LogP contribution in [0, 0.1) is 0 Å². The number of nitrogens with zero attached hydrogens (tertiary/aromatic N) is 1. The van der Waals surface area contributed by atoms with E-state index in [9.17, 15) is 9.59 Å². The molecule has 1 atom stereocenters. The Morgan fingerprint density at radius 2 is 1.87 bits per heavy atom. The Bertz CT molecular complexity index is 1090. The Kier molecular flexibility index (Phi) is 5.74. The van der Waals surface area contributed by atoms with E-state index in [1.807, 2.05) is 60.9 Å². The number of hydrogen-bond donors (Lipinski definition) is 1. The summed E-state index contributed by atoms with van der Waals surface area (Å²) >= 11 is 0. The summed E-state index contributed by atoms with van der Waals surface area (Å²) in [5, 5.41) is 3.93. The number of ketones is 1. The van der Waals surface area contributed by atoms with Crippen molar-refractivity contribution in [2.75, 3.05) is 13.2 Å². The number of carbonyl (C=O) groups excluding carboxylic acids is 2. The summed E-state index contributed by atoms with van der Waals surface area (Å²) in [5.41, 5.74) is 2.50. The second-order valence-corrected chi connectivity index (χ2v) is 7.51. The number of benzene rings is 2. The van der Waals surface area contributed by atoms with Crippen LogP contribution in [0.25, 0.3) is 10.9 Å². The molecule has 1 aliphatic rings. The molecule has 6 nitrogen and oxygen atoms in total. The highest BCUT2D eigenvalue weighted by atomic mass is 16.5. The van der Waals surface area contributed by atoms with E-state index >= 15 is 0 Å². The van der Waals surface area contributed by atoms with Gasteiger partial charge in [-0.1, -0.05) is 31.2 Å². The van der Waals surface area contributed by atoms with Crippen molar-refractivity contribution in [3.63, 3.8) is 0 Å². The molecule has 1 amide bonds. The smallest absolute Gasteiger partial charge is 0.240 e. The van der Waals surface area contributed by atoms with Crippen LogP contribution in [0.1, 0.15) is 48.7 Å². The van der Waals surface area contributed by atoms with Crippen LogP contribution in [0.3, 0.4) is 0 Å². The molecule has 0 bridgehead atoms. The largest absolute Gasteiger partial charge is 0.490 e. The zero-order valence-electron chi connectivity index (χ0n) is 17.3. The van der Waals surface area contributed by atoms with Crippen molar-refractivity contribution in [2.24, 2.45) is 0 Å². The molecular formula is C24H26N2O4. The van der Waals surface area contributed by atoms with E-state index in [2.05, 4.69) is 5.32 Å². The van der Waals surface area contributed by atoms with Crippen LogP contribution >= 0.6 is 0 Å². The van der Waals surface area contributed by atoms with E-state index in [4.69, 9.17) is 9.47 Å². The number of fused-ring (bicyclic) bond motifs is 2. The lowest BCUT2D eigenvalue weighted by Gasteiger charge is -2.17. The minimum absolute atomic E-state index is 0.0749. The Hall–Kier alpha value is -3.28. The lowest BCUT2D eigenvalue weighted by molar-refractivity contribution is -0.122. The second-order valence-electron chi connectivity index (χ2n) is 7.51. The fourth-order valence-corrected chi connectivity index (χ4v) is 3.76. The molecule has 6 heteroatoms. The molecule has 0 saturated carbocycles. The lowest BCUT2D eigenvalue weighted by Crippen LogP contribution is -2.30. The van der Waals surface area contributed by atoms with Gasteiger partial charge in [-0.25, -0.2) is 0 Å². The summed E-state index contributed by atoms with van der Waals surface area (Å²) in [6, 6.07) is 13.3. The fourth-order valence-electron chi connectivity index (χ4n) is 3.76. The van der Waals surface area contributed by atoms with Crippen LogP contribution in [0.4, 0.5) is 0 Å². The Morgan fingerprint density at radius 1 is 1.10 bits per heavy atom. The van der Waals surface area contributed by atoms with Crippen molar-refractivity contribution in [2.45, 2.75) is 39.3 Å². The Labute approximate surface area is 175 Å². The first-order valence-electron chi connectivity index (χ1n) is 10.4. The molecule has 0 aliphatic carbocycles. The SMILES string of the molecule is CCC(=O)c1cn(CC(=O)NC(C)c2ccc3c(c2)OCCCO3)c2ccccc12. The molecule has 0 saturated heterocycles. The van der Waals surface area contributed by atoms with Gasteiger partial charge >= 0.3 is 0 Å². The van der Waals surface area contributed by atoms with Crippen LogP contribution in [-0.2, 0) is 11.3 Å². The second kappa shape index (κ2) is 8.61. The number of rotatable bonds is 6. The minimum atomic E-state index is -0.187. The predicted molar refractivity (Wildman–Crippen MR) is 115 cm³/mol. The van der Waals surface area contributed by atoms with Crippen molar-refractivity contribution in [3.8, 4) is 11.5 Å². The van der Waals surface area contributed by atoms with Gasteiger partial charge in [-0.2, -0.15) is 0 Å². The zero-order valence-corrected chi connectivity index (χ0v) is 17.3. The van der Waals surface area contributed by atoms with Gasteiger partial charge in [0, 0.05) is 35.5 Å². The van der Waals surface area contributed by atoms with E-state index in [0.717, 1.165) is 28.6 Å². The molecule has 30 heavy (non-hydrogen) atoms. The van der Waals surface area contributed by atoms with E-state index in [-0.39, 0.29) is 24.3 Å². The van der Waals surface area contributed by atoms with Crippen LogP contribution in [0.5, 0.6) is 11.5 Å². The van der Waals surface area contributed by atoms with Crippen molar-refractivity contribution in [1.82, 2.24) is 9.88 Å². The van der Waals surface area contributed by atoms with Crippen LogP contribution in [-0.4, -0.2) is 29.5 Å². The number of Topliss-reactive ketones (excluding diaryl/α,β-unsaturated/α-hetero) is 1. The van der Waals surface area contributed by atoms with Gasteiger partial charge < -0.3 is 19.4 Å². The number of ether oxygens (including phenoxy) is 2. The zero-order chi connectivity index (χ0) is 21.1. The molecule has 0 radical (unpaired) electrons. The van der Waals surface area contributed by atoms with Gasteiger partial charge in [0.2, 0.25) is 5.91 Å². The third-order valence-electron chi connectivity index (χ3n) is 5.37. The predicted octanol–water partition coefficient (Wildman–Crippen LogP) is 4.27. The first-order valence-corrected chi connectivity index (χ1v) is 10.4. The quantitative estimate of drug-likeness (QED) is 0.621. The summed E-state index contributed by atoms with van der Waals surface area (Å²) < 4.78 is 13.3. The molecule has 2 aromatic carbocycles. The first kappa shape index (κ1) is 20.0. The average Bonchev–Trinajstić information content (AvgIpc) is 2.95. The summed E-state index contributed by atoms with van der Waals surface area (Å²) in [7, 11) is 0. The van der Waals surface area contributed by atoms with Crippen LogP contribution < -0.4 is 14.8 Å². The fraction of sp³-hybridized carbons (Fsp3) is 0.333. The maximum atomic E-state index is 12.8. The average molecular weight is 406 g/mol. The van der Waals surface area contributed by atoms with Gasteiger partial charge in [0.05, 0.1) is 19.3 Å². The Balaban J connectivity index is 1.50.